The number of hydrogen-bond acceptors (Lipinski definition) is 9. The van der Waals surface area contributed by atoms with Gasteiger partial charge in [0.25, 0.3) is 0 Å². The number of nitrogens with zero attached hydrogens (tertiary/aromatic N) is 2. The second kappa shape index (κ2) is 10.2. The Morgan fingerprint density at radius 3 is 2.60 bits per heavy atom. The van der Waals surface area contributed by atoms with Gasteiger partial charge in [-0.25, -0.2) is 4.79 Å². The molecule has 9 nitrogen and oxygen atoms in total. The maximum Gasteiger partial charge on any atom is 0.407 e. The third-order valence-corrected chi connectivity index (χ3v) is 4.24. The smallest absolute Gasteiger partial charge is 0.407 e. The number of esters is 1. The van der Waals surface area contributed by atoms with Gasteiger partial charge in [-0.3, -0.25) is 9.59 Å². The topological polar surface area (TPSA) is 120 Å². The Morgan fingerprint density at radius 1 is 1.24 bits per heavy atom. The highest BCUT2D eigenvalue weighted by Crippen LogP contribution is 2.25. The van der Waals surface area contributed by atoms with Gasteiger partial charge in [0, 0.05) is 13.0 Å². The molecule has 0 aliphatic carbocycles. The molecule has 0 radical (unpaired) electrons. The van der Waals surface area contributed by atoms with Crippen LogP contribution >= 0.6 is 23.1 Å². The summed E-state index contributed by atoms with van der Waals surface area (Å²) in [5.74, 6) is -0.508. The van der Waals surface area contributed by atoms with Crippen LogP contribution in [0.2, 0.25) is 0 Å². The monoisotopic (exact) mass is 390 g/mol. The summed E-state index contributed by atoms with van der Waals surface area (Å²) < 4.78 is 10.4. The van der Waals surface area contributed by atoms with Crippen LogP contribution in [0.15, 0.2) is 4.34 Å². The third kappa shape index (κ3) is 9.87. The van der Waals surface area contributed by atoms with Gasteiger partial charge in [0.05, 0.1) is 12.4 Å². The van der Waals surface area contributed by atoms with Gasteiger partial charge in [-0.1, -0.05) is 23.1 Å². The Kier molecular flexibility index (Phi) is 8.62. The second-order valence-electron chi connectivity index (χ2n) is 5.69. The third-order valence-electron chi connectivity index (χ3n) is 2.29. The highest BCUT2D eigenvalue weighted by molar-refractivity contribution is 8.01. The average molecular weight is 390 g/mol. The van der Waals surface area contributed by atoms with Gasteiger partial charge < -0.3 is 20.1 Å². The number of hydrogen-bond donors (Lipinski definition) is 2. The molecule has 1 aromatic rings. The molecule has 1 aromatic heterocycles. The minimum Gasteiger partial charge on any atom is -0.465 e. The first-order valence-corrected chi connectivity index (χ1v) is 9.38. The standard InChI is InChI=1S/C14H22N4O5S2/c1-5-22-10(20)8-24-13-18-17-11(25-13)16-9(19)6-7-15-12(21)23-14(2,3)4/h5-8H2,1-4H3,(H,15,21)(H,16,17,19). The molecule has 0 fully saturated rings. The van der Waals surface area contributed by atoms with E-state index in [1.807, 2.05) is 0 Å². The van der Waals surface area contributed by atoms with Crippen LogP contribution in [-0.2, 0) is 19.1 Å². The van der Waals surface area contributed by atoms with Crippen LogP contribution in [0, 0.1) is 0 Å². The summed E-state index contributed by atoms with van der Waals surface area (Å²) >= 11 is 2.35. The zero-order valence-electron chi connectivity index (χ0n) is 14.6. The van der Waals surface area contributed by atoms with E-state index in [1.54, 1.807) is 27.7 Å². The van der Waals surface area contributed by atoms with Gasteiger partial charge in [0.15, 0.2) is 4.34 Å². The van der Waals surface area contributed by atoms with E-state index >= 15 is 0 Å². The highest BCUT2D eigenvalue weighted by atomic mass is 32.2. The fourth-order valence-corrected chi connectivity index (χ4v) is 2.98. The van der Waals surface area contributed by atoms with Crippen molar-refractivity contribution in [3.05, 3.63) is 0 Å². The molecule has 0 saturated heterocycles. The molecule has 11 heteroatoms. The molecule has 2 amide bonds. The Balaban J connectivity index is 2.29. The second-order valence-corrected chi connectivity index (χ2v) is 7.89. The SMILES string of the molecule is CCOC(=O)CSc1nnc(NC(=O)CCNC(=O)OC(C)(C)C)s1. The molecule has 0 atom stereocenters. The number of alkyl carbamates (subject to hydrolysis) is 1. The van der Waals surface area contributed by atoms with E-state index in [1.165, 1.54) is 11.8 Å². The number of anilines is 1. The summed E-state index contributed by atoms with van der Waals surface area (Å²) in [7, 11) is 0. The predicted molar refractivity (Wildman–Crippen MR) is 94.7 cm³/mol. The molecule has 0 aromatic carbocycles. The summed E-state index contributed by atoms with van der Waals surface area (Å²) in [4.78, 5) is 34.5. The van der Waals surface area contributed by atoms with Crippen LogP contribution in [0.5, 0.6) is 0 Å². The van der Waals surface area contributed by atoms with E-state index in [4.69, 9.17) is 9.47 Å². The van der Waals surface area contributed by atoms with Gasteiger partial charge >= 0.3 is 12.1 Å². The zero-order valence-corrected chi connectivity index (χ0v) is 16.2. The molecule has 1 rings (SSSR count). The highest BCUT2D eigenvalue weighted by Gasteiger charge is 2.16. The number of nitrogens with one attached hydrogen (secondary N) is 2. The fraction of sp³-hybridized carbons (Fsp3) is 0.643. The molecule has 0 spiro atoms. The van der Waals surface area contributed by atoms with Gasteiger partial charge in [0.1, 0.15) is 5.60 Å². The lowest BCUT2D eigenvalue weighted by Crippen LogP contribution is -2.34. The maximum atomic E-state index is 11.8. The number of ether oxygens (including phenoxy) is 2. The molecule has 140 valence electrons. The van der Waals surface area contributed by atoms with E-state index in [-0.39, 0.29) is 30.6 Å². The molecular formula is C14H22N4O5S2. The normalized spacial score (nSPS) is 10.9. The van der Waals surface area contributed by atoms with Gasteiger partial charge in [0.2, 0.25) is 11.0 Å². The van der Waals surface area contributed by atoms with Crippen molar-refractivity contribution >= 4 is 46.2 Å². The van der Waals surface area contributed by atoms with Crippen LogP contribution in [0.1, 0.15) is 34.1 Å². The first-order chi connectivity index (χ1) is 11.7. The summed E-state index contributed by atoms with van der Waals surface area (Å²) in [5, 5.41) is 13.1. The molecule has 0 saturated carbocycles. The van der Waals surface area contributed by atoms with Gasteiger partial charge in [-0.2, -0.15) is 0 Å². The number of amides is 2. The summed E-state index contributed by atoms with van der Waals surface area (Å²) in [6, 6.07) is 0. The van der Waals surface area contributed by atoms with Crippen molar-refractivity contribution in [3.63, 3.8) is 0 Å². The molecule has 0 bridgehead atoms. The van der Waals surface area contributed by atoms with Crippen LogP contribution in [-0.4, -0.2) is 52.7 Å². The lowest BCUT2D eigenvalue weighted by molar-refractivity contribution is -0.139. The van der Waals surface area contributed by atoms with E-state index in [9.17, 15) is 14.4 Å². The Labute approximate surface area is 154 Å². The van der Waals surface area contributed by atoms with E-state index < -0.39 is 11.7 Å². The van der Waals surface area contributed by atoms with Crippen molar-refractivity contribution in [1.82, 2.24) is 15.5 Å². The van der Waals surface area contributed by atoms with E-state index in [0.29, 0.717) is 16.1 Å². The summed E-state index contributed by atoms with van der Waals surface area (Å²) in [6.45, 7) is 7.47. The van der Waals surface area contributed by atoms with Crippen molar-refractivity contribution in [3.8, 4) is 0 Å². The Bertz CT molecular complexity index is 600. The molecule has 0 unspecified atom stereocenters. The lowest BCUT2D eigenvalue weighted by Gasteiger charge is -2.19. The fourth-order valence-electron chi connectivity index (χ4n) is 1.42. The Morgan fingerprint density at radius 2 is 1.96 bits per heavy atom. The molecule has 0 aliphatic heterocycles. The largest absolute Gasteiger partial charge is 0.465 e. The molecule has 0 aliphatic rings. The van der Waals surface area contributed by atoms with E-state index in [0.717, 1.165) is 11.3 Å². The average Bonchev–Trinajstić information content (AvgIpc) is 2.91. The van der Waals surface area contributed by atoms with Crippen molar-refractivity contribution < 1.29 is 23.9 Å². The quantitative estimate of drug-likeness (QED) is 0.393. The summed E-state index contributed by atoms with van der Waals surface area (Å²) in [6.07, 6.45) is -0.502. The van der Waals surface area contributed by atoms with Gasteiger partial charge in [-0.15, -0.1) is 10.2 Å². The minimum absolute atomic E-state index is 0.0735. The number of rotatable bonds is 8. The van der Waals surface area contributed by atoms with Crippen molar-refractivity contribution in [2.24, 2.45) is 0 Å². The predicted octanol–water partition coefficient (Wildman–Crippen LogP) is 2.05. The minimum atomic E-state index is -0.587. The Hall–Kier alpha value is -1.88. The molecule has 25 heavy (non-hydrogen) atoms. The van der Waals surface area contributed by atoms with Crippen molar-refractivity contribution in [2.45, 2.75) is 44.1 Å². The molecule has 1 heterocycles. The molecule has 2 N–H and O–H groups in total. The molecular weight excluding hydrogens is 368 g/mol. The van der Waals surface area contributed by atoms with Crippen LogP contribution < -0.4 is 10.6 Å². The first kappa shape index (κ1) is 21.2. The van der Waals surface area contributed by atoms with Crippen molar-refractivity contribution in [2.75, 3.05) is 24.2 Å². The zero-order chi connectivity index (χ0) is 18.9. The number of carbonyl (C=O) groups excluding carboxylic acids is 3. The number of thioether (sulfide) groups is 1. The van der Waals surface area contributed by atoms with E-state index in [2.05, 4.69) is 20.8 Å². The van der Waals surface area contributed by atoms with Crippen LogP contribution in [0.4, 0.5) is 9.93 Å². The van der Waals surface area contributed by atoms with Crippen LogP contribution in [0.3, 0.4) is 0 Å². The lowest BCUT2D eigenvalue weighted by atomic mass is 10.2. The summed E-state index contributed by atoms with van der Waals surface area (Å²) in [5.41, 5.74) is -0.587. The first-order valence-electron chi connectivity index (χ1n) is 7.58. The number of aromatic nitrogens is 2. The maximum absolute atomic E-state index is 11.8. The van der Waals surface area contributed by atoms with Gasteiger partial charge in [-0.05, 0) is 27.7 Å². The van der Waals surface area contributed by atoms with Crippen LogP contribution in [0.25, 0.3) is 0 Å². The van der Waals surface area contributed by atoms with Crippen molar-refractivity contribution in [1.29, 1.82) is 0 Å². The number of carbonyl (C=O) groups is 3.